The van der Waals surface area contributed by atoms with E-state index in [2.05, 4.69) is 47.5 Å². The molecule has 1 aliphatic carbocycles. The monoisotopic (exact) mass is 258 g/mol. The summed E-state index contributed by atoms with van der Waals surface area (Å²) in [6.07, 6.45) is 5.85. The molecule has 0 radical (unpaired) electrons. The van der Waals surface area contributed by atoms with Crippen LogP contribution in [0.15, 0.2) is 53.2 Å². The van der Waals surface area contributed by atoms with Crippen molar-refractivity contribution in [3.8, 4) is 0 Å². The van der Waals surface area contributed by atoms with E-state index in [-0.39, 0.29) is 0 Å². The summed E-state index contributed by atoms with van der Waals surface area (Å²) in [4.78, 5) is 8.35. The van der Waals surface area contributed by atoms with E-state index in [1.807, 2.05) is 0 Å². The number of allylic oxidation sites excluding steroid dienone is 2. The summed E-state index contributed by atoms with van der Waals surface area (Å²) >= 11 is 0. The van der Waals surface area contributed by atoms with Gasteiger partial charge < -0.3 is 4.98 Å². The number of nitrogens with zero attached hydrogens (tertiary/aromatic N) is 1. The maximum absolute atomic E-state index is 4.82. The maximum atomic E-state index is 4.82. The Morgan fingerprint density at radius 3 is 2.95 bits per heavy atom. The lowest BCUT2D eigenvalue weighted by Crippen LogP contribution is -2.23. The molecule has 2 nitrogen and oxygen atoms in total. The maximum Gasteiger partial charge on any atom is 0.0720 e. The minimum Gasteiger partial charge on any atom is -0.354 e. The van der Waals surface area contributed by atoms with E-state index >= 15 is 0 Å². The van der Waals surface area contributed by atoms with E-state index in [0.717, 1.165) is 18.2 Å². The summed E-state index contributed by atoms with van der Waals surface area (Å²) in [6, 6.07) is 12.9. The summed E-state index contributed by atoms with van der Waals surface area (Å²) in [6.45, 7) is 0. The van der Waals surface area contributed by atoms with E-state index < -0.39 is 0 Å². The zero-order chi connectivity index (χ0) is 13.1. The third kappa shape index (κ3) is 1.21. The second-order valence-corrected chi connectivity index (χ2v) is 5.62. The summed E-state index contributed by atoms with van der Waals surface area (Å²) in [5.41, 5.74) is 5.09. The van der Waals surface area contributed by atoms with Gasteiger partial charge in [-0.05, 0) is 43.0 Å². The molecule has 1 N–H and O–H groups in total. The lowest BCUT2D eigenvalue weighted by molar-refractivity contribution is 0.846. The highest BCUT2D eigenvalue weighted by molar-refractivity contribution is 6.08. The first-order valence-electron chi connectivity index (χ1n) is 7.24. The molecule has 0 spiro atoms. The van der Waals surface area contributed by atoms with Gasteiger partial charge in [-0.2, -0.15) is 0 Å². The first-order chi connectivity index (χ1) is 9.92. The Labute approximate surface area is 116 Å². The van der Waals surface area contributed by atoms with Crippen molar-refractivity contribution in [3.63, 3.8) is 0 Å². The predicted octanol–water partition coefficient (Wildman–Crippen LogP) is 3.17. The second-order valence-electron chi connectivity index (χ2n) is 5.62. The van der Waals surface area contributed by atoms with Crippen molar-refractivity contribution in [2.24, 2.45) is 4.99 Å². The molecule has 0 atom stereocenters. The van der Waals surface area contributed by atoms with Gasteiger partial charge in [0.25, 0.3) is 0 Å². The van der Waals surface area contributed by atoms with Crippen LogP contribution in [0, 0.1) is 0 Å². The molecule has 0 bridgehead atoms. The van der Waals surface area contributed by atoms with E-state index in [1.165, 1.54) is 44.7 Å². The smallest absolute Gasteiger partial charge is 0.0720 e. The van der Waals surface area contributed by atoms with Crippen LogP contribution in [-0.2, 0) is 0 Å². The molecule has 2 aromatic carbocycles. The van der Waals surface area contributed by atoms with E-state index in [0.29, 0.717) is 0 Å². The quantitative estimate of drug-likeness (QED) is 0.641. The van der Waals surface area contributed by atoms with Gasteiger partial charge in [-0.25, -0.2) is 4.99 Å². The SMILES string of the molecule is C1=C2N=c3ccc4[nH]c5ccccc5c4c3=C2CCC1. The second kappa shape index (κ2) is 3.60. The molecule has 0 saturated carbocycles. The lowest BCUT2D eigenvalue weighted by Gasteiger charge is -2.09. The fourth-order valence-corrected chi connectivity index (χ4v) is 3.59. The highest BCUT2D eigenvalue weighted by Gasteiger charge is 2.18. The van der Waals surface area contributed by atoms with Crippen LogP contribution >= 0.6 is 0 Å². The average molecular weight is 258 g/mol. The minimum atomic E-state index is 1.14. The average Bonchev–Trinajstić information content (AvgIpc) is 3.04. The molecular formula is C18H14N2. The fourth-order valence-electron chi connectivity index (χ4n) is 3.59. The number of aromatic amines is 1. The van der Waals surface area contributed by atoms with Crippen molar-refractivity contribution < 1.29 is 0 Å². The van der Waals surface area contributed by atoms with Gasteiger partial charge in [0.05, 0.1) is 11.1 Å². The van der Waals surface area contributed by atoms with Crippen LogP contribution in [0.2, 0.25) is 0 Å². The largest absolute Gasteiger partial charge is 0.354 e. The number of benzene rings is 2. The van der Waals surface area contributed by atoms with Crippen molar-refractivity contribution in [1.29, 1.82) is 0 Å². The van der Waals surface area contributed by atoms with Crippen LogP contribution < -0.4 is 10.6 Å². The van der Waals surface area contributed by atoms with Crippen molar-refractivity contribution in [2.45, 2.75) is 19.3 Å². The van der Waals surface area contributed by atoms with Gasteiger partial charge in [0.15, 0.2) is 0 Å². The molecule has 1 aliphatic heterocycles. The molecule has 96 valence electrons. The summed E-state index contributed by atoms with van der Waals surface area (Å²) in [7, 11) is 0. The van der Waals surface area contributed by atoms with E-state index in [4.69, 9.17) is 4.99 Å². The highest BCUT2D eigenvalue weighted by atomic mass is 14.8. The van der Waals surface area contributed by atoms with Crippen LogP contribution in [0.1, 0.15) is 19.3 Å². The Morgan fingerprint density at radius 2 is 1.95 bits per heavy atom. The third-order valence-corrected chi connectivity index (χ3v) is 4.47. The Morgan fingerprint density at radius 1 is 1.00 bits per heavy atom. The summed E-state index contributed by atoms with van der Waals surface area (Å²) in [5, 5.41) is 5.17. The number of nitrogens with one attached hydrogen (secondary N) is 1. The minimum absolute atomic E-state index is 1.14. The molecule has 0 saturated heterocycles. The number of rotatable bonds is 0. The molecule has 2 heteroatoms. The Balaban J connectivity index is 2.12. The van der Waals surface area contributed by atoms with Gasteiger partial charge in [-0.1, -0.05) is 24.3 Å². The molecule has 5 rings (SSSR count). The summed E-state index contributed by atoms with van der Waals surface area (Å²) < 4.78 is 0. The van der Waals surface area contributed by atoms with Gasteiger partial charge in [-0.3, -0.25) is 0 Å². The molecule has 2 heterocycles. The molecular weight excluding hydrogens is 244 g/mol. The molecule has 1 aromatic heterocycles. The Bertz CT molecular complexity index is 1020. The van der Waals surface area contributed by atoms with Crippen LogP contribution in [0.25, 0.3) is 27.4 Å². The molecule has 0 amide bonds. The van der Waals surface area contributed by atoms with Crippen LogP contribution in [0.5, 0.6) is 0 Å². The summed E-state index contributed by atoms with van der Waals surface area (Å²) in [5.74, 6) is 0. The van der Waals surface area contributed by atoms with Crippen LogP contribution in [0.3, 0.4) is 0 Å². The van der Waals surface area contributed by atoms with Crippen molar-refractivity contribution in [1.82, 2.24) is 4.98 Å². The van der Waals surface area contributed by atoms with Gasteiger partial charge in [0.2, 0.25) is 0 Å². The molecule has 0 fully saturated rings. The number of H-pyrrole nitrogens is 1. The molecule has 0 unspecified atom stereocenters. The lowest BCUT2D eigenvalue weighted by atomic mass is 9.96. The predicted molar refractivity (Wildman–Crippen MR) is 81.9 cm³/mol. The first kappa shape index (κ1) is 10.4. The molecule has 3 aromatic rings. The van der Waals surface area contributed by atoms with E-state index in [1.54, 1.807) is 0 Å². The van der Waals surface area contributed by atoms with Gasteiger partial charge in [0, 0.05) is 27.0 Å². The van der Waals surface area contributed by atoms with Crippen molar-refractivity contribution >= 4 is 27.4 Å². The topological polar surface area (TPSA) is 28.1 Å². The third-order valence-electron chi connectivity index (χ3n) is 4.47. The van der Waals surface area contributed by atoms with Crippen LogP contribution in [0.4, 0.5) is 0 Å². The van der Waals surface area contributed by atoms with Gasteiger partial charge in [-0.15, -0.1) is 0 Å². The van der Waals surface area contributed by atoms with Crippen LogP contribution in [-0.4, -0.2) is 4.98 Å². The number of hydrogen-bond acceptors (Lipinski definition) is 1. The van der Waals surface area contributed by atoms with Crippen molar-refractivity contribution in [3.05, 3.63) is 58.7 Å². The normalized spacial score (nSPS) is 17.0. The Kier molecular flexibility index (Phi) is 1.88. The first-order valence-corrected chi connectivity index (χ1v) is 7.24. The highest BCUT2D eigenvalue weighted by Crippen LogP contribution is 2.29. The number of fused-ring (bicyclic) bond motifs is 6. The zero-order valence-electron chi connectivity index (χ0n) is 11.1. The van der Waals surface area contributed by atoms with Gasteiger partial charge >= 0.3 is 0 Å². The Hall–Kier alpha value is -2.35. The number of hydrogen-bond donors (Lipinski definition) is 1. The number of para-hydroxylation sites is 1. The molecule has 2 aliphatic rings. The van der Waals surface area contributed by atoms with Gasteiger partial charge in [0.1, 0.15) is 0 Å². The number of aromatic nitrogens is 1. The van der Waals surface area contributed by atoms with E-state index in [9.17, 15) is 0 Å². The fraction of sp³-hybridized carbons (Fsp3) is 0.167. The zero-order valence-corrected chi connectivity index (χ0v) is 11.1. The standard InChI is InChI=1S/C18H14N2/c1-3-7-13-11(5-1)17-15(19-13)9-10-16-18(17)12-6-2-4-8-14(12)20-16/h1,3,5,7-10,19H,2,4,6H2. The molecule has 20 heavy (non-hydrogen) atoms. The van der Waals surface area contributed by atoms with Crippen molar-refractivity contribution in [2.75, 3.05) is 0 Å².